The second kappa shape index (κ2) is 13.6. The van der Waals surface area contributed by atoms with E-state index in [9.17, 15) is 28.8 Å². The first-order chi connectivity index (χ1) is 22.0. The molecule has 2 aromatic heterocycles. The number of phenolic OH excluding ortho intramolecular Hbond substituents is 1. The maximum absolute atomic E-state index is 14.2. The SMILES string of the molecule is CCOC(=O)[C@H](C)NP(=O)(CCN(C)C(=O)c1c2cccnc2c(O)c2c(O)n(Cc3ccc(F)cc3)cc12)Oc1ccccc1. The Morgan fingerprint density at radius 2 is 1.78 bits per heavy atom. The number of benzene rings is 3. The van der Waals surface area contributed by atoms with Gasteiger partial charge in [0.2, 0.25) is 5.88 Å². The van der Waals surface area contributed by atoms with Gasteiger partial charge < -0.3 is 28.9 Å². The molecular weight excluding hydrogens is 614 g/mol. The lowest BCUT2D eigenvalue weighted by atomic mass is 10.00. The average Bonchev–Trinajstić information content (AvgIpc) is 3.36. The molecule has 0 radical (unpaired) electrons. The Hall–Kier alpha value is -4.93. The smallest absolute Gasteiger partial charge is 0.323 e. The van der Waals surface area contributed by atoms with Gasteiger partial charge in [-0.05, 0) is 49.7 Å². The molecule has 0 aliphatic heterocycles. The highest BCUT2D eigenvalue weighted by molar-refractivity contribution is 7.57. The molecule has 3 N–H and O–H groups in total. The van der Waals surface area contributed by atoms with Crippen molar-refractivity contribution in [3.05, 3.63) is 96.1 Å². The van der Waals surface area contributed by atoms with Gasteiger partial charge >= 0.3 is 13.5 Å². The summed E-state index contributed by atoms with van der Waals surface area (Å²) in [5.41, 5.74) is 0.964. The summed E-state index contributed by atoms with van der Waals surface area (Å²) < 4.78 is 40.0. The van der Waals surface area contributed by atoms with E-state index in [0.29, 0.717) is 16.7 Å². The zero-order valence-corrected chi connectivity index (χ0v) is 26.4. The number of nitrogens with zero attached hydrogens (tertiary/aromatic N) is 3. The van der Waals surface area contributed by atoms with Crippen molar-refractivity contribution in [1.82, 2.24) is 19.5 Å². The van der Waals surface area contributed by atoms with E-state index in [0.717, 1.165) is 0 Å². The summed E-state index contributed by atoms with van der Waals surface area (Å²) in [5, 5.41) is 25.8. The van der Waals surface area contributed by atoms with Crippen LogP contribution in [0.25, 0.3) is 21.7 Å². The molecule has 2 atom stereocenters. The van der Waals surface area contributed by atoms with Crippen LogP contribution in [0.3, 0.4) is 0 Å². The summed E-state index contributed by atoms with van der Waals surface area (Å²) in [6.07, 6.45) is 2.85. The molecule has 5 rings (SSSR count). The van der Waals surface area contributed by atoms with Gasteiger partial charge in [0.25, 0.3) is 5.91 Å². The third kappa shape index (κ3) is 6.83. The quantitative estimate of drug-likeness (QED) is 0.115. The van der Waals surface area contributed by atoms with E-state index in [1.165, 1.54) is 41.8 Å². The number of hydrogen-bond donors (Lipinski definition) is 3. The van der Waals surface area contributed by atoms with Crippen LogP contribution in [-0.4, -0.2) is 68.9 Å². The molecule has 2 heterocycles. The highest BCUT2D eigenvalue weighted by Gasteiger charge is 2.32. The van der Waals surface area contributed by atoms with Crippen LogP contribution < -0.4 is 9.61 Å². The summed E-state index contributed by atoms with van der Waals surface area (Å²) in [4.78, 5) is 32.1. The van der Waals surface area contributed by atoms with Gasteiger partial charge in [0.05, 0.1) is 30.3 Å². The van der Waals surface area contributed by atoms with Crippen molar-refractivity contribution in [1.29, 1.82) is 0 Å². The Balaban J connectivity index is 1.49. The average molecular weight is 649 g/mol. The molecule has 5 aromatic rings. The Kier molecular flexibility index (Phi) is 9.60. The summed E-state index contributed by atoms with van der Waals surface area (Å²) in [6.45, 7) is 3.41. The van der Waals surface area contributed by atoms with Crippen molar-refractivity contribution in [2.45, 2.75) is 26.4 Å². The number of rotatable bonds is 12. The first-order valence-electron chi connectivity index (χ1n) is 14.6. The lowest BCUT2D eigenvalue weighted by Gasteiger charge is -2.26. The van der Waals surface area contributed by atoms with Crippen molar-refractivity contribution in [3.8, 4) is 17.4 Å². The van der Waals surface area contributed by atoms with Gasteiger partial charge in [0.1, 0.15) is 23.1 Å². The lowest BCUT2D eigenvalue weighted by molar-refractivity contribution is -0.144. The van der Waals surface area contributed by atoms with Crippen LogP contribution in [0.5, 0.6) is 17.4 Å². The van der Waals surface area contributed by atoms with Gasteiger partial charge in [0, 0.05) is 36.8 Å². The van der Waals surface area contributed by atoms with E-state index in [-0.39, 0.29) is 59.3 Å². The minimum Gasteiger partial charge on any atom is -0.505 e. The van der Waals surface area contributed by atoms with E-state index in [2.05, 4.69) is 10.1 Å². The zero-order valence-electron chi connectivity index (χ0n) is 25.5. The number of amides is 1. The summed E-state index contributed by atoms with van der Waals surface area (Å²) >= 11 is 0. The van der Waals surface area contributed by atoms with Gasteiger partial charge in [-0.15, -0.1) is 0 Å². The largest absolute Gasteiger partial charge is 0.505 e. The number of aromatic nitrogens is 2. The Bertz CT molecular complexity index is 1930. The van der Waals surface area contributed by atoms with Crippen LogP contribution in [0.1, 0.15) is 29.8 Å². The Morgan fingerprint density at radius 1 is 1.07 bits per heavy atom. The van der Waals surface area contributed by atoms with E-state index < -0.39 is 31.3 Å². The van der Waals surface area contributed by atoms with Gasteiger partial charge in [-0.2, -0.15) is 0 Å². The number of nitrogens with one attached hydrogen (secondary N) is 1. The van der Waals surface area contributed by atoms with Crippen LogP contribution in [0.2, 0.25) is 0 Å². The molecule has 0 saturated carbocycles. The second-order valence-corrected chi connectivity index (χ2v) is 13.0. The fraction of sp³-hybridized carbons (Fsp3) is 0.242. The van der Waals surface area contributed by atoms with E-state index in [1.807, 2.05) is 0 Å². The molecule has 11 nitrogen and oxygen atoms in total. The lowest BCUT2D eigenvalue weighted by Crippen LogP contribution is -2.37. The molecule has 0 fully saturated rings. The van der Waals surface area contributed by atoms with Gasteiger partial charge in [-0.1, -0.05) is 36.4 Å². The fourth-order valence-electron chi connectivity index (χ4n) is 5.14. The number of fused-ring (bicyclic) bond motifs is 2. The molecule has 1 amide bonds. The van der Waals surface area contributed by atoms with Crippen LogP contribution in [-0.2, 0) is 20.6 Å². The normalized spacial score (nSPS) is 13.3. The van der Waals surface area contributed by atoms with Gasteiger partial charge in [0.15, 0.2) is 5.75 Å². The van der Waals surface area contributed by atoms with Crippen LogP contribution >= 0.6 is 7.52 Å². The highest BCUT2D eigenvalue weighted by Crippen LogP contribution is 2.45. The van der Waals surface area contributed by atoms with Crippen LogP contribution in [0.15, 0.2) is 79.1 Å². The van der Waals surface area contributed by atoms with Gasteiger partial charge in [-0.25, -0.2) is 9.48 Å². The van der Waals surface area contributed by atoms with Gasteiger partial charge in [-0.3, -0.25) is 19.1 Å². The third-order valence-corrected chi connectivity index (χ3v) is 9.52. The minimum atomic E-state index is -3.78. The minimum absolute atomic E-state index is 0.0353. The molecular formula is C33H34FN4O7P. The number of hydrogen-bond acceptors (Lipinski definition) is 8. The summed E-state index contributed by atoms with van der Waals surface area (Å²) in [6, 6.07) is 16.6. The number of carbonyl (C=O) groups is 2. The molecule has 0 bridgehead atoms. The Morgan fingerprint density at radius 3 is 2.48 bits per heavy atom. The monoisotopic (exact) mass is 648 g/mol. The fourth-order valence-corrected chi connectivity index (χ4v) is 7.14. The standard InChI is InChI=1S/C33H34FN4O7P/c1-4-44-33(42)21(2)36-46(43,45-24-9-6-5-7-10-24)18-17-37(3)31(40)27-25-11-8-16-35-29(25)30(39)28-26(27)20-38(32(28)41)19-22-12-14-23(34)15-13-22/h5-16,20-21,39,41H,4,17-19H2,1-3H3,(H,36,43)/t21-,46?/m0/s1. The number of halogens is 1. The highest BCUT2D eigenvalue weighted by atomic mass is 31.2. The summed E-state index contributed by atoms with van der Waals surface area (Å²) in [5.74, 6) is -1.76. The van der Waals surface area contributed by atoms with Crippen molar-refractivity contribution in [2.75, 3.05) is 26.4 Å². The Labute approximate surface area is 264 Å². The zero-order chi connectivity index (χ0) is 33.0. The van der Waals surface area contributed by atoms with E-state index in [1.54, 1.807) is 67.7 Å². The number of carbonyl (C=O) groups excluding carboxylic acids is 2. The predicted molar refractivity (Wildman–Crippen MR) is 172 cm³/mol. The topological polar surface area (TPSA) is 143 Å². The molecule has 0 aliphatic rings. The predicted octanol–water partition coefficient (Wildman–Crippen LogP) is 5.67. The molecule has 13 heteroatoms. The van der Waals surface area contributed by atoms with Crippen LogP contribution in [0, 0.1) is 5.82 Å². The maximum Gasteiger partial charge on any atom is 0.323 e. The maximum atomic E-state index is 14.2. The molecule has 0 saturated heterocycles. The molecule has 1 unspecified atom stereocenters. The first-order valence-corrected chi connectivity index (χ1v) is 16.4. The number of para-hydroxylation sites is 1. The molecule has 3 aromatic carbocycles. The number of ether oxygens (including phenoxy) is 1. The van der Waals surface area contributed by atoms with E-state index in [4.69, 9.17) is 9.26 Å². The number of pyridine rings is 1. The summed E-state index contributed by atoms with van der Waals surface area (Å²) in [7, 11) is -2.25. The molecule has 240 valence electrons. The number of esters is 1. The van der Waals surface area contributed by atoms with Crippen molar-refractivity contribution in [2.24, 2.45) is 0 Å². The number of phenols is 1. The van der Waals surface area contributed by atoms with Crippen molar-refractivity contribution < 1.29 is 38.0 Å². The second-order valence-electron chi connectivity index (χ2n) is 10.7. The molecule has 0 aliphatic carbocycles. The third-order valence-electron chi connectivity index (χ3n) is 7.44. The van der Waals surface area contributed by atoms with Crippen molar-refractivity contribution in [3.63, 3.8) is 0 Å². The van der Waals surface area contributed by atoms with Crippen LogP contribution in [0.4, 0.5) is 4.39 Å². The molecule has 46 heavy (non-hydrogen) atoms. The first kappa shape index (κ1) is 32.5. The molecule has 0 spiro atoms. The van der Waals surface area contributed by atoms with Crippen molar-refractivity contribution >= 4 is 41.1 Å². The number of aromatic hydroxyl groups is 2. The van der Waals surface area contributed by atoms with E-state index >= 15 is 0 Å².